The molecule has 1 aromatic rings. The number of aliphatic carboxylic acids is 1. The van der Waals surface area contributed by atoms with Crippen molar-refractivity contribution in [3.63, 3.8) is 0 Å². The van der Waals surface area contributed by atoms with Crippen molar-refractivity contribution < 1.29 is 24.2 Å². The number of rotatable bonds is 9. The Balaban J connectivity index is 2.64. The molecule has 7 heteroatoms. The van der Waals surface area contributed by atoms with Crippen molar-refractivity contribution in [1.29, 1.82) is 0 Å². The van der Waals surface area contributed by atoms with E-state index in [2.05, 4.69) is 10.6 Å². The van der Waals surface area contributed by atoms with Gasteiger partial charge in [-0.3, -0.25) is 4.79 Å². The van der Waals surface area contributed by atoms with E-state index in [0.29, 0.717) is 0 Å². The lowest BCUT2D eigenvalue weighted by Gasteiger charge is -2.26. The zero-order valence-corrected chi connectivity index (χ0v) is 15.7. The van der Waals surface area contributed by atoms with Crippen molar-refractivity contribution >= 4 is 18.0 Å². The molecule has 0 spiro atoms. The van der Waals surface area contributed by atoms with Crippen LogP contribution in [0, 0.1) is 11.8 Å². The molecule has 144 valence electrons. The maximum absolute atomic E-state index is 12.4. The molecule has 0 radical (unpaired) electrons. The molecule has 0 saturated carbocycles. The van der Waals surface area contributed by atoms with Crippen LogP contribution >= 0.6 is 0 Å². The fourth-order valence-electron chi connectivity index (χ4n) is 2.37. The highest BCUT2D eigenvalue weighted by Crippen LogP contribution is 2.08. The van der Waals surface area contributed by atoms with Gasteiger partial charge in [-0.25, -0.2) is 4.79 Å². The number of amides is 2. The molecular formula is C19H27N2O5-. The van der Waals surface area contributed by atoms with Crippen LogP contribution in [-0.2, 0) is 20.9 Å². The number of nitrogens with one attached hydrogen (secondary N) is 2. The summed E-state index contributed by atoms with van der Waals surface area (Å²) < 4.78 is 5.12. The van der Waals surface area contributed by atoms with Gasteiger partial charge in [-0.1, -0.05) is 58.0 Å². The molecule has 2 atom stereocenters. The standard InChI is InChI=1S/C19H28N2O5/c1-12(2)10-15(18(23)24)20-17(22)16(13(3)4)21-19(25)26-11-14-8-6-5-7-9-14/h5-9,12-13,15-16H,10-11H2,1-4H3,(H,20,22)(H,21,25)(H,23,24)/p-1/t15-,16+/m1/s1. The zero-order valence-electron chi connectivity index (χ0n) is 15.7. The van der Waals surface area contributed by atoms with Crippen molar-refractivity contribution in [1.82, 2.24) is 10.6 Å². The second-order valence-corrected chi connectivity index (χ2v) is 6.94. The van der Waals surface area contributed by atoms with Crippen LogP contribution in [0.25, 0.3) is 0 Å². The summed E-state index contributed by atoms with van der Waals surface area (Å²) in [5.41, 5.74) is 0.821. The van der Waals surface area contributed by atoms with E-state index in [0.717, 1.165) is 5.56 Å². The average molecular weight is 363 g/mol. The molecule has 0 aliphatic heterocycles. The number of carbonyl (C=O) groups is 3. The van der Waals surface area contributed by atoms with Crippen LogP contribution in [0.2, 0.25) is 0 Å². The molecule has 0 aliphatic carbocycles. The predicted octanol–water partition coefficient (Wildman–Crippen LogP) is 1.22. The number of alkyl carbamates (subject to hydrolysis) is 1. The molecule has 0 aliphatic rings. The Bertz CT molecular complexity index is 601. The second kappa shape index (κ2) is 10.4. The first-order chi connectivity index (χ1) is 12.2. The smallest absolute Gasteiger partial charge is 0.408 e. The molecule has 1 aromatic carbocycles. The normalized spacial score (nSPS) is 13.2. The molecule has 2 N–H and O–H groups in total. The summed E-state index contributed by atoms with van der Waals surface area (Å²) in [7, 11) is 0. The number of ether oxygens (including phenoxy) is 1. The van der Waals surface area contributed by atoms with Gasteiger partial charge in [-0.05, 0) is 23.8 Å². The Kier molecular flexibility index (Phi) is 8.61. The van der Waals surface area contributed by atoms with Gasteiger partial charge in [0.05, 0.1) is 12.0 Å². The Morgan fingerprint density at radius 3 is 2.15 bits per heavy atom. The van der Waals surface area contributed by atoms with E-state index >= 15 is 0 Å². The Labute approximate surface area is 154 Å². The summed E-state index contributed by atoms with van der Waals surface area (Å²) >= 11 is 0. The molecule has 0 bridgehead atoms. The van der Waals surface area contributed by atoms with Gasteiger partial charge >= 0.3 is 6.09 Å². The molecule has 26 heavy (non-hydrogen) atoms. The van der Waals surface area contributed by atoms with Crippen LogP contribution in [0.4, 0.5) is 4.79 Å². The van der Waals surface area contributed by atoms with Crippen molar-refractivity contribution in [3.05, 3.63) is 35.9 Å². The Morgan fingerprint density at radius 2 is 1.65 bits per heavy atom. The maximum Gasteiger partial charge on any atom is 0.408 e. The van der Waals surface area contributed by atoms with Crippen LogP contribution in [0.1, 0.15) is 39.7 Å². The lowest BCUT2D eigenvalue weighted by molar-refractivity contribution is -0.308. The van der Waals surface area contributed by atoms with Gasteiger partial charge in [0.1, 0.15) is 12.6 Å². The Morgan fingerprint density at radius 1 is 1.04 bits per heavy atom. The highest BCUT2D eigenvalue weighted by atomic mass is 16.5. The van der Waals surface area contributed by atoms with Gasteiger partial charge in [0.15, 0.2) is 0 Å². The molecular weight excluding hydrogens is 336 g/mol. The van der Waals surface area contributed by atoms with Crippen molar-refractivity contribution in [2.24, 2.45) is 11.8 Å². The SMILES string of the molecule is CC(C)C[C@@H](NC(=O)[C@@H](NC(=O)OCc1ccccc1)C(C)C)C(=O)[O-]. The quantitative estimate of drug-likeness (QED) is 0.686. The third-order valence-corrected chi connectivity index (χ3v) is 3.74. The van der Waals surface area contributed by atoms with Crippen LogP contribution < -0.4 is 15.7 Å². The summed E-state index contributed by atoms with van der Waals surface area (Å²) in [6, 6.07) is 7.13. The summed E-state index contributed by atoms with van der Waals surface area (Å²) in [6.07, 6.45) is -0.492. The summed E-state index contributed by atoms with van der Waals surface area (Å²) in [5, 5.41) is 16.1. The first kappa shape index (κ1) is 21.5. The van der Waals surface area contributed by atoms with Gasteiger partial charge in [-0.2, -0.15) is 0 Å². The molecule has 1 rings (SSSR count). The average Bonchev–Trinajstić information content (AvgIpc) is 2.57. The molecule has 0 aromatic heterocycles. The van der Waals surface area contributed by atoms with E-state index in [1.165, 1.54) is 0 Å². The summed E-state index contributed by atoms with van der Waals surface area (Å²) in [6.45, 7) is 7.27. The number of hydrogen-bond acceptors (Lipinski definition) is 5. The number of benzene rings is 1. The minimum Gasteiger partial charge on any atom is -0.548 e. The minimum atomic E-state index is -1.35. The van der Waals surface area contributed by atoms with Gasteiger partial charge in [-0.15, -0.1) is 0 Å². The number of carboxylic acid groups (broad SMARTS) is 1. The maximum atomic E-state index is 12.4. The third kappa shape index (κ3) is 7.55. The minimum absolute atomic E-state index is 0.0690. The highest BCUT2D eigenvalue weighted by Gasteiger charge is 2.27. The lowest BCUT2D eigenvalue weighted by atomic mass is 10.0. The van der Waals surface area contributed by atoms with Crippen LogP contribution in [-0.4, -0.2) is 30.1 Å². The van der Waals surface area contributed by atoms with E-state index in [1.54, 1.807) is 13.8 Å². The fraction of sp³-hybridized carbons (Fsp3) is 0.526. The molecule has 2 amide bonds. The summed E-state index contributed by atoms with van der Waals surface area (Å²) in [4.78, 5) is 35.6. The van der Waals surface area contributed by atoms with Crippen LogP contribution in [0.5, 0.6) is 0 Å². The van der Waals surface area contributed by atoms with Crippen LogP contribution in [0.15, 0.2) is 30.3 Å². The predicted molar refractivity (Wildman–Crippen MR) is 94.8 cm³/mol. The first-order valence-corrected chi connectivity index (χ1v) is 8.69. The largest absolute Gasteiger partial charge is 0.548 e. The second-order valence-electron chi connectivity index (χ2n) is 6.94. The van der Waals surface area contributed by atoms with E-state index in [4.69, 9.17) is 4.74 Å². The molecule has 0 saturated heterocycles. The van der Waals surface area contributed by atoms with E-state index in [9.17, 15) is 19.5 Å². The highest BCUT2D eigenvalue weighted by molar-refractivity contribution is 5.89. The van der Waals surface area contributed by atoms with E-state index in [-0.39, 0.29) is 24.9 Å². The molecule has 7 nitrogen and oxygen atoms in total. The number of carboxylic acids is 1. The molecule has 0 heterocycles. The topological polar surface area (TPSA) is 108 Å². The Hall–Kier alpha value is -2.57. The van der Waals surface area contributed by atoms with Gasteiger partial charge in [0.2, 0.25) is 5.91 Å². The zero-order chi connectivity index (χ0) is 19.7. The van der Waals surface area contributed by atoms with E-state index in [1.807, 2.05) is 44.2 Å². The third-order valence-electron chi connectivity index (χ3n) is 3.74. The van der Waals surface area contributed by atoms with Crippen molar-refractivity contribution in [2.75, 3.05) is 0 Å². The van der Waals surface area contributed by atoms with Crippen LogP contribution in [0.3, 0.4) is 0 Å². The molecule has 0 fully saturated rings. The number of hydrogen-bond donors (Lipinski definition) is 2. The van der Waals surface area contributed by atoms with Crippen molar-refractivity contribution in [3.8, 4) is 0 Å². The first-order valence-electron chi connectivity index (χ1n) is 8.69. The fourth-order valence-corrected chi connectivity index (χ4v) is 2.37. The summed E-state index contributed by atoms with van der Waals surface area (Å²) in [5.74, 6) is -2.10. The molecule has 0 unspecified atom stereocenters. The number of carbonyl (C=O) groups excluding carboxylic acids is 3. The van der Waals surface area contributed by atoms with Gasteiger partial charge in [0, 0.05) is 0 Å². The monoisotopic (exact) mass is 363 g/mol. The van der Waals surface area contributed by atoms with Gasteiger partial charge in [0.25, 0.3) is 0 Å². The van der Waals surface area contributed by atoms with Crippen molar-refractivity contribution in [2.45, 2.75) is 52.8 Å². The van der Waals surface area contributed by atoms with E-state index < -0.39 is 30.1 Å². The van der Waals surface area contributed by atoms with Gasteiger partial charge < -0.3 is 25.3 Å². The lowest BCUT2D eigenvalue weighted by Crippen LogP contribution is -2.56.